The molecule has 0 radical (unpaired) electrons. The summed E-state index contributed by atoms with van der Waals surface area (Å²) < 4.78 is 4.97. The van der Waals surface area contributed by atoms with E-state index in [0.29, 0.717) is 0 Å². The van der Waals surface area contributed by atoms with Gasteiger partial charge >= 0.3 is 37.7 Å². The van der Waals surface area contributed by atoms with Gasteiger partial charge < -0.3 is 4.74 Å². The summed E-state index contributed by atoms with van der Waals surface area (Å²) in [6, 6.07) is 0. The molecule has 0 saturated carbocycles. The van der Waals surface area contributed by atoms with Crippen LogP contribution in [0.15, 0.2) is 0 Å². The van der Waals surface area contributed by atoms with Crippen LogP contribution in [0.5, 0.6) is 0 Å². The molecule has 0 aromatic rings. The molecule has 0 aliphatic rings. The summed E-state index contributed by atoms with van der Waals surface area (Å²) in [7, 11) is 1.77. The van der Waals surface area contributed by atoms with Crippen LogP contribution in [0.3, 0.4) is 0 Å². The molecule has 0 rings (SSSR count). The van der Waals surface area contributed by atoms with E-state index in [4.69, 9.17) is 4.74 Å². The van der Waals surface area contributed by atoms with Crippen molar-refractivity contribution in [3.8, 4) is 0 Å². The van der Waals surface area contributed by atoms with Gasteiger partial charge in [0.2, 0.25) is 0 Å². The number of hydrogen-bond donors (Lipinski definition) is 0. The summed E-state index contributed by atoms with van der Waals surface area (Å²) in [4.78, 5) is 0. The second kappa shape index (κ2) is 14.7. The molecule has 12 heavy (non-hydrogen) atoms. The molecule has 1 nitrogen and oxygen atoms in total. The Kier molecular flexibility index (Phi) is 19.2. The zero-order valence-corrected chi connectivity index (χ0v) is 8.07. The van der Waals surface area contributed by atoms with Crippen LogP contribution in [0.4, 0.5) is 0 Å². The van der Waals surface area contributed by atoms with Crippen LogP contribution in [0.2, 0.25) is 0 Å². The molecule has 2 heteroatoms. The average molecular weight is 200 g/mol. The second-order valence-electron chi connectivity index (χ2n) is 3.11. The quantitative estimate of drug-likeness (QED) is 0.432. The number of methoxy groups -OCH3 is 1. The van der Waals surface area contributed by atoms with Gasteiger partial charge in [0, 0.05) is 13.7 Å². The van der Waals surface area contributed by atoms with Gasteiger partial charge in [0.05, 0.1) is 0 Å². The molecule has 0 aromatic heterocycles. The first-order valence-corrected chi connectivity index (χ1v) is 4.90. The predicted octanol–water partition coefficient (Wildman–Crippen LogP) is 2.47. The molecule has 0 atom stereocenters. The van der Waals surface area contributed by atoms with E-state index >= 15 is 0 Å². The van der Waals surface area contributed by atoms with Crippen molar-refractivity contribution in [1.29, 1.82) is 0 Å². The van der Waals surface area contributed by atoms with E-state index in [2.05, 4.69) is 6.92 Å². The molecule has 0 N–H and O–H groups in total. The van der Waals surface area contributed by atoms with Gasteiger partial charge in [-0.05, 0) is 6.42 Å². The van der Waals surface area contributed by atoms with E-state index in [-0.39, 0.29) is 37.7 Å². The minimum atomic E-state index is 0. The van der Waals surface area contributed by atoms with Crippen LogP contribution < -0.4 is 0 Å². The molecule has 72 valence electrons. The van der Waals surface area contributed by atoms with Crippen LogP contribution >= 0.6 is 0 Å². The Morgan fingerprint density at radius 1 is 0.833 bits per heavy atom. The minimum absolute atomic E-state index is 0. The van der Waals surface area contributed by atoms with Crippen LogP contribution in [-0.4, -0.2) is 51.5 Å². The summed E-state index contributed by atoms with van der Waals surface area (Å²) in [6.45, 7) is 3.19. The Labute approximate surface area is 107 Å². The van der Waals surface area contributed by atoms with Gasteiger partial charge in [0.1, 0.15) is 0 Å². The standard InChI is InChI=1S/C10H22O.Ca.2H/c1-3-4-5-6-7-8-9-10-11-2;;;/h3-10H2,1-2H3;;;. The van der Waals surface area contributed by atoms with Crippen LogP contribution in [-0.2, 0) is 4.74 Å². The maximum atomic E-state index is 4.97. The monoisotopic (exact) mass is 200 g/mol. The first-order valence-electron chi connectivity index (χ1n) is 4.90. The number of ether oxygens (including phenoxy) is 1. The van der Waals surface area contributed by atoms with Gasteiger partial charge in [-0.25, -0.2) is 0 Å². The Morgan fingerprint density at radius 3 is 1.83 bits per heavy atom. The SMILES string of the molecule is CCCCCCCCCOC.[CaH2]. The molecule has 0 amide bonds. The third kappa shape index (κ3) is 13.8. The molecule has 0 heterocycles. The fourth-order valence-electron chi connectivity index (χ4n) is 1.20. The summed E-state index contributed by atoms with van der Waals surface area (Å²) in [5, 5.41) is 0. The molecule has 0 bridgehead atoms. The molecule has 0 aliphatic heterocycles. The molecular formula is C10H24CaO. The van der Waals surface area contributed by atoms with Gasteiger partial charge in [-0.15, -0.1) is 0 Å². The average Bonchev–Trinajstić information content (AvgIpc) is 2.03. The maximum absolute atomic E-state index is 4.97. The topological polar surface area (TPSA) is 9.23 Å². The van der Waals surface area contributed by atoms with Gasteiger partial charge in [-0.2, -0.15) is 0 Å². The Morgan fingerprint density at radius 2 is 1.33 bits per heavy atom. The van der Waals surface area contributed by atoms with Crippen molar-refractivity contribution in [1.82, 2.24) is 0 Å². The van der Waals surface area contributed by atoms with Crippen molar-refractivity contribution in [2.75, 3.05) is 13.7 Å². The molecule has 0 aliphatic carbocycles. The van der Waals surface area contributed by atoms with Crippen molar-refractivity contribution >= 4 is 37.7 Å². The Hall–Kier alpha value is 1.22. The van der Waals surface area contributed by atoms with Crippen molar-refractivity contribution in [2.45, 2.75) is 51.9 Å². The fraction of sp³-hybridized carbons (Fsp3) is 1.00. The Balaban J connectivity index is 0. The van der Waals surface area contributed by atoms with E-state index in [0.717, 1.165) is 6.61 Å². The molecule has 0 spiro atoms. The van der Waals surface area contributed by atoms with Gasteiger partial charge in [-0.1, -0.05) is 45.4 Å². The normalized spacial score (nSPS) is 9.50. The van der Waals surface area contributed by atoms with Gasteiger partial charge in [0.15, 0.2) is 0 Å². The van der Waals surface area contributed by atoms with E-state index in [1.165, 1.54) is 44.9 Å². The third-order valence-electron chi connectivity index (χ3n) is 1.95. The zero-order chi connectivity index (χ0) is 8.36. The first kappa shape index (κ1) is 15.7. The van der Waals surface area contributed by atoms with E-state index < -0.39 is 0 Å². The summed E-state index contributed by atoms with van der Waals surface area (Å²) in [5.74, 6) is 0. The van der Waals surface area contributed by atoms with Crippen LogP contribution in [0.25, 0.3) is 0 Å². The summed E-state index contributed by atoms with van der Waals surface area (Å²) in [6.07, 6.45) is 9.56. The summed E-state index contributed by atoms with van der Waals surface area (Å²) in [5.41, 5.74) is 0. The van der Waals surface area contributed by atoms with Crippen molar-refractivity contribution < 1.29 is 4.74 Å². The summed E-state index contributed by atoms with van der Waals surface area (Å²) >= 11 is 0. The zero-order valence-electron chi connectivity index (χ0n) is 8.07. The van der Waals surface area contributed by atoms with Crippen molar-refractivity contribution in [2.24, 2.45) is 0 Å². The first-order chi connectivity index (χ1) is 5.41. The molecule has 0 saturated heterocycles. The van der Waals surface area contributed by atoms with Crippen LogP contribution in [0, 0.1) is 0 Å². The molecule has 0 unspecified atom stereocenters. The van der Waals surface area contributed by atoms with Gasteiger partial charge in [-0.3, -0.25) is 0 Å². The number of hydrogen-bond acceptors (Lipinski definition) is 1. The van der Waals surface area contributed by atoms with E-state index in [1.807, 2.05) is 0 Å². The van der Waals surface area contributed by atoms with Gasteiger partial charge in [0.25, 0.3) is 0 Å². The molecular weight excluding hydrogens is 176 g/mol. The fourth-order valence-corrected chi connectivity index (χ4v) is 1.20. The van der Waals surface area contributed by atoms with Crippen molar-refractivity contribution in [3.05, 3.63) is 0 Å². The Bertz CT molecular complexity index is 58.9. The number of rotatable bonds is 8. The predicted molar refractivity (Wildman–Crippen MR) is 58.4 cm³/mol. The van der Waals surface area contributed by atoms with E-state index in [1.54, 1.807) is 7.11 Å². The van der Waals surface area contributed by atoms with Crippen molar-refractivity contribution in [3.63, 3.8) is 0 Å². The third-order valence-corrected chi connectivity index (χ3v) is 1.95. The molecule has 0 fully saturated rings. The molecule has 0 aromatic carbocycles. The number of unbranched alkanes of at least 4 members (excludes halogenated alkanes) is 6. The van der Waals surface area contributed by atoms with Crippen LogP contribution in [0.1, 0.15) is 51.9 Å². The second-order valence-corrected chi connectivity index (χ2v) is 3.11. The van der Waals surface area contributed by atoms with E-state index in [9.17, 15) is 0 Å².